The highest BCUT2D eigenvalue weighted by Gasteiger charge is 2.25. The second-order valence-electron chi connectivity index (χ2n) is 8.24. The Hall–Kier alpha value is -3.71. The molecule has 5 rings (SSSR count). The molecule has 0 saturated carbocycles. The van der Waals surface area contributed by atoms with E-state index in [9.17, 15) is 19.1 Å². The molecule has 0 bridgehead atoms. The Balaban J connectivity index is 0.00000274. The minimum absolute atomic E-state index is 0. The second-order valence-corrected chi connectivity index (χ2v) is 8.24. The minimum Gasteiger partial charge on any atom is -0.480 e. The monoisotopic (exact) mass is 479 g/mol. The Kier molecular flexibility index (Phi) is 6.39. The van der Waals surface area contributed by atoms with Crippen LogP contribution in [0.15, 0.2) is 60.7 Å². The van der Waals surface area contributed by atoms with E-state index in [4.69, 9.17) is 0 Å². The summed E-state index contributed by atoms with van der Waals surface area (Å²) in [6.07, 6.45) is 2.70. The van der Waals surface area contributed by atoms with Crippen LogP contribution in [-0.4, -0.2) is 44.5 Å². The first kappa shape index (κ1) is 23.4. The molecule has 1 amide bonds. The molecular weight excluding hydrogens is 457 g/mol. The van der Waals surface area contributed by atoms with Gasteiger partial charge in [0.05, 0.1) is 5.52 Å². The maximum atomic E-state index is 14.1. The molecule has 1 aliphatic heterocycles. The Morgan fingerprint density at radius 2 is 1.91 bits per heavy atom. The van der Waals surface area contributed by atoms with Gasteiger partial charge in [0, 0.05) is 40.6 Å². The van der Waals surface area contributed by atoms with E-state index >= 15 is 0 Å². The molecule has 0 fully saturated rings. The van der Waals surface area contributed by atoms with E-state index in [0.717, 1.165) is 27.7 Å². The largest absolute Gasteiger partial charge is 0.480 e. The third-order valence-corrected chi connectivity index (χ3v) is 6.16. The summed E-state index contributed by atoms with van der Waals surface area (Å²) in [6, 6.07) is 15.7. The van der Waals surface area contributed by atoms with Crippen LogP contribution < -0.4 is 0 Å². The van der Waals surface area contributed by atoms with Crippen LogP contribution in [0.2, 0.25) is 0 Å². The van der Waals surface area contributed by atoms with Crippen LogP contribution in [-0.2, 0) is 11.3 Å². The Bertz CT molecular complexity index is 1460. The number of hydrogen-bond acceptors (Lipinski definition) is 3. The number of carbonyl (C=O) groups excluding carboxylic acids is 1. The summed E-state index contributed by atoms with van der Waals surface area (Å²) in [4.78, 5) is 31.0. The maximum Gasteiger partial charge on any atom is 0.323 e. The maximum absolute atomic E-state index is 14.1. The Morgan fingerprint density at radius 3 is 2.71 bits per heavy atom. The number of aliphatic carboxylic acids is 1. The SMILES string of the molecule is Cc1c(C2=CCCN(C(=O)c3ccc4ccccc4n3)C2)c2cc(F)ccc2n1CC(=O)O.Cl. The summed E-state index contributed by atoms with van der Waals surface area (Å²) in [5.41, 5.74) is 4.21. The van der Waals surface area contributed by atoms with Gasteiger partial charge in [-0.1, -0.05) is 30.3 Å². The summed E-state index contributed by atoms with van der Waals surface area (Å²) < 4.78 is 15.8. The topological polar surface area (TPSA) is 75.4 Å². The van der Waals surface area contributed by atoms with Crippen LogP contribution in [0.1, 0.15) is 28.2 Å². The van der Waals surface area contributed by atoms with Crippen molar-refractivity contribution >= 4 is 51.7 Å². The number of amides is 1. The van der Waals surface area contributed by atoms with Crippen molar-refractivity contribution in [2.75, 3.05) is 13.1 Å². The van der Waals surface area contributed by atoms with Crippen molar-refractivity contribution < 1.29 is 19.1 Å². The number of aromatic nitrogens is 2. The number of carboxylic acids is 1. The second kappa shape index (κ2) is 9.27. The first-order chi connectivity index (χ1) is 15.9. The number of carboxylic acid groups (broad SMARTS) is 1. The van der Waals surface area contributed by atoms with Crippen molar-refractivity contribution in [3.05, 3.63) is 83.4 Å². The van der Waals surface area contributed by atoms with Gasteiger partial charge in [0.25, 0.3) is 5.91 Å². The third-order valence-electron chi connectivity index (χ3n) is 6.16. The average Bonchev–Trinajstić information content (AvgIpc) is 3.08. The predicted octanol–water partition coefficient (Wildman–Crippen LogP) is 5.07. The number of rotatable bonds is 4. The molecule has 0 spiro atoms. The molecule has 1 N–H and O–H groups in total. The van der Waals surface area contributed by atoms with E-state index in [1.54, 1.807) is 21.6 Å². The van der Waals surface area contributed by atoms with Gasteiger partial charge in [-0.25, -0.2) is 9.37 Å². The molecule has 1 aliphatic rings. The van der Waals surface area contributed by atoms with Gasteiger partial charge in [-0.2, -0.15) is 0 Å². The van der Waals surface area contributed by atoms with Crippen LogP contribution in [0.25, 0.3) is 27.4 Å². The number of nitrogens with zero attached hydrogens (tertiary/aromatic N) is 3. The summed E-state index contributed by atoms with van der Waals surface area (Å²) in [5.74, 6) is -1.52. The Labute approximate surface area is 201 Å². The van der Waals surface area contributed by atoms with Crippen molar-refractivity contribution in [1.82, 2.24) is 14.5 Å². The Morgan fingerprint density at radius 1 is 1.12 bits per heavy atom. The van der Waals surface area contributed by atoms with Gasteiger partial charge in [-0.05, 0) is 49.2 Å². The van der Waals surface area contributed by atoms with Gasteiger partial charge in [-0.15, -0.1) is 12.4 Å². The molecule has 0 saturated heterocycles. The smallest absolute Gasteiger partial charge is 0.323 e. The zero-order chi connectivity index (χ0) is 23.1. The zero-order valence-electron chi connectivity index (χ0n) is 18.5. The highest BCUT2D eigenvalue weighted by Crippen LogP contribution is 2.34. The lowest BCUT2D eigenvalue weighted by Crippen LogP contribution is -2.36. The molecule has 3 heterocycles. The van der Waals surface area contributed by atoms with Gasteiger partial charge in [0.1, 0.15) is 18.1 Å². The number of pyridine rings is 1. The fourth-order valence-corrected chi connectivity index (χ4v) is 4.64. The van der Waals surface area contributed by atoms with E-state index in [1.807, 2.05) is 37.3 Å². The fourth-order valence-electron chi connectivity index (χ4n) is 4.64. The van der Waals surface area contributed by atoms with Crippen LogP contribution >= 0.6 is 12.4 Å². The lowest BCUT2D eigenvalue weighted by Gasteiger charge is -2.27. The first-order valence-electron chi connectivity index (χ1n) is 10.8. The summed E-state index contributed by atoms with van der Waals surface area (Å²) in [7, 11) is 0. The van der Waals surface area contributed by atoms with Gasteiger partial charge in [0.15, 0.2) is 0 Å². The van der Waals surface area contributed by atoms with Crippen LogP contribution in [0, 0.1) is 12.7 Å². The van der Waals surface area contributed by atoms with E-state index in [2.05, 4.69) is 11.1 Å². The molecule has 34 heavy (non-hydrogen) atoms. The van der Waals surface area contributed by atoms with Crippen molar-refractivity contribution in [3.63, 3.8) is 0 Å². The van der Waals surface area contributed by atoms with E-state index in [0.29, 0.717) is 36.1 Å². The number of benzene rings is 2. The van der Waals surface area contributed by atoms with Gasteiger partial charge in [-0.3, -0.25) is 9.59 Å². The molecule has 4 aromatic rings. The highest BCUT2D eigenvalue weighted by atomic mass is 35.5. The molecule has 0 atom stereocenters. The molecule has 6 nitrogen and oxygen atoms in total. The molecule has 2 aromatic carbocycles. The molecule has 0 radical (unpaired) electrons. The molecular formula is C26H23ClFN3O3. The standard InChI is InChI=1S/C26H22FN3O3.ClH/c1-16-25(20-13-19(27)9-11-23(20)30(16)15-24(31)32)18-6-4-12-29(14-18)26(33)22-10-8-17-5-2-3-7-21(17)28-22;/h2-3,5-11,13H,4,12,14-15H2,1H3,(H,31,32);1H. The first-order valence-corrected chi connectivity index (χ1v) is 10.8. The predicted molar refractivity (Wildman–Crippen MR) is 132 cm³/mol. The summed E-state index contributed by atoms with van der Waals surface area (Å²) >= 11 is 0. The zero-order valence-corrected chi connectivity index (χ0v) is 19.3. The van der Waals surface area contributed by atoms with Crippen LogP contribution in [0.5, 0.6) is 0 Å². The van der Waals surface area contributed by atoms with Crippen molar-refractivity contribution in [2.24, 2.45) is 0 Å². The highest BCUT2D eigenvalue weighted by molar-refractivity contribution is 5.99. The molecule has 2 aromatic heterocycles. The normalized spacial score (nSPS) is 13.6. The van der Waals surface area contributed by atoms with Gasteiger partial charge in [0.2, 0.25) is 0 Å². The number of fused-ring (bicyclic) bond motifs is 2. The van der Waals surface area contributed by atoms with E-state index in [1.165, 1.54) is 12.1 Å². The third kappa shape index (κ3) is 4.15. The molecule has 0 unspecified atom stereocenters. The molecule has 174 valence electrons. The quantitative estimate of drug-likeness (QED) is 0.443. The van der Waals surface area contributed by atoms with Gasteiger partial charge < -0.3 is 14.6 Å². The van der Waals surface area contributed by atoms with E-state index in [-0.39, 0.29) is 30.7 Å². The number of hydrogen-bond donors (Lipinski definition) is 1. The van der Waals surface area contributed by atoms with E-state index < -0.39 is 5.97 Å². The lowest BCUT2D eigenvalue weighted by atomic mass is 9.98. The number of para-hydroxylation sites is 1. The molecule has 8 heteroatoms. The number of carbonyl (C=O) groups is 2. The van der Waals surface area contributed by atoms with Crippen molar-refractivity contribution in [1.29, 1.82) is 0 Å². The average molecular weight is 480 g/mol. The number of halogens is 2. The van der Waals surface area contributed by atoms with Crippen LogP contribution in [0.4, 0.5) is 4.39 Å². The van der Waals surface area contributed by atoms with Crippen molar-refractivity contribution in [3.8, 4) is 0 Å². The summed E-state index contributed by atoms with van der Waals surface area (Å²) in [6.45, 7) is 2.52. The van der Waals surface area contributed by atoms with Crippen LogP contribution in [0.3, 0.4) is 0 Å². The summed E-state index contributed by atoms with van der Waals surface area (Å²) in [5, 5.41) is 11.0. The fraction of sp³-hybridized carbons (Fsp3) is 0.192. The molecule has 0 aliphatic carbocycles. The van der Waals surface area contributed by atoms with Crippen molar-refractivity contribution in [2.45, 2.75) is 19.9 Å². The lowest BCUT2D eigenvalue weighted by molar-refractivity contribution is -0.137. The minimum atomic E-state index is -0.970. The van der Waals surface area contributed by atoms with Gasteiger partial charge >= 0.3 is 5.97 Å².